The molecule has 1 aliphatic rings. The first-order valence-electron chi connectivity index (χ1n) is 9.15. The Morgan fingerprint density at radius 3 is 2.65 bits per heavy atom. The van der Waals surface area contributed by atoms with Crippen LogP contribution in [0.3, 0.4) is 0 Å². The molecule has 0 bridgehead atoms. The third-order valence-electron chi connectivity index (χ3n) is 5.08. The van der Waals surface area contributed by atoms with Gasteiger partial charge in [-0.25, -0.2) is 4.98 Å². The van der Waals surface area contributed by atoms with Crippen LogP contribution in [0.4, 0.5) is 0 Å². The highest BCUT2D eigenvalue weighted by atomic mass is 16.5. The minimum atomic E-state index is -0.149. The second-order valence-corrected chi connectivity index (χ2v) is 7.96. The van der Waals surface area contributed by atoms with E-state index in [1.807, 2.05) is 20.0 Å². The van der Waals surface area contributed by atoms with Crippen LogP contribution in [0.2, 0.25) is 0 Å². The molecule has 0 saturated carbocycles. The molecule has 3 rings (SSSR count). The average molecular weight is 359 g/mol. The maximum atomic E-state index is 12.6. The summed E-state index contributed by atoms with van der Waals surface area (Å²) in [6, 6.07) is 1.87. The van der Waals surface area contributed by atoms with Crippen molar-refractivity contribution in [3.8, 4) is 0 Å². The van der Waals surface area contributed by atoms with Crippen molar-refractivity contribution in [2.75, 3.05) is 19.6 Å². The minimum absolute atomic E-state index is 0.106. The molecule has 1 saturated heterocycles. The molecule has 0 aromatic carbocycles. The molecule has 142 valence electrons. The number of pyridine rings is 1. The molecule has 2 unspecified atom stereocenters. The van der Waals surface area contributed by atoms with E-state index in [2.05, 4.69) is 48.0 Å². The number of ether oxygens (including phenoxy) is 1. The Kier molecular flexibility index (Phi) is 5.03. The van der Waals surface area contributed by atoms with Crippen molar-refractivity contribution in [3.05, 3.63) is 23.5 Å². The van der Waals surface area contributed by atoms with Gasteiger partial charge in [0.2, 0.25) is 0 Å². The van der Waals surface area contributed by atoms with Gasteiger partial charge in [-0.3, -0.25) is 14.4 Å². The number of nitrogens with one attached hydrogen (secondary N) is 1. The summed E-state index contributed by atoms with van der Waals surface area (Å²) in [5.41, 5.74) is 2.08. The number of hydrogen-bond acceptors (Lipinski definition) is 5. The number of carbonyl (C=O) groups is 1. The zero-order chi connectivity index (χ0) is 19.1. The van der Waals surface area contributed by atoms with E-state index in [0.29, 0.717) is 12.1 Å². The molecule has 0 spiro atoms. The molecule has 0 aliphatic carbocycles. The Hall–Kier alpha value is -1.99. The molecule has 2 aromatic heterocycles. The van der Waals surface area contributed by atoms with Gasteiger partial charge in [-0.2, -0.15) is 5.10 Å². The number of hydrogen-bond donors (Lipinski definition) is 1. The third-order valence-corrected chi connectivity index (χ3v) is 5.08. The van der Waals surface area contributed by atoms with Gasteiger partial charge in [0, 0.05) is 43.8 Å². The number of nitrogens with zero attached hydrogens (tertiary/aromatic N) is 4. The van der Waals surface area contributed by atoms with E-state index in [1.54, 1.807) is 10.9 Å². The zero-order valence-corrected chi connectivity index (χ0v) is 16.5. The number of fused-ring (bicyclic) bond motifs is 1. The van der Waals surface area contributed by atoms with E-state index >= 15 is 0 Å². The molecule has 2 aromatic rings. The standard InChI is InChI=1S/C19H29N5O2/c1-12-9-24(10-13(2)26-12)19(4,5)11-21-18(25)15-7-16-14(3)22-23(6)17(16)20-8-15/h7-8,12-13H,9-11H2,1-6H3,(H,21,25). The molecule has 1 amide bonds. The maximum Gasteiger partial charge on any atom is 0.252 e. The molecule has 3 heterocycles. The van der Waals surface area contributed by atoms with E-state index in [-0.39, 0.29) is 23.7 Å². The number of amides is 1. The minimum Gasteiger partial charge on any atom is -0.373 e. The lowest BCUT2D eigenvalue weighted by Crippen LogP contribution is -2.58. The fraction of sp³-hybridized carbons (Fsp3) is 0.632. The monoisotopic (exact) mass is 359 g/mol. The fourth-order valence-corrected chi connectivity index (χ4v) is 3.61. The Morgan fingerprint density at radius 1 is 1.35 bits per heavy atom. The van der Waals surface area contributed by atoms with Crippen molar-refractivity contribution in [1.29, 1.82) is 0 Å². The van der Waals surface area contributed by atoms with Crippen molar-refractivity contribution >= 4 is 16.9 Å². The smallest absolute Gasteiger partial charge is 0.252 e. The number of morpholine rings is 1. The van der Waals surface area contributed by atoms with Gasteiger partial charge in [-0.05, 0) is 40.7 Å². The summed E-state index contributed by atoms with van der Waals surface area (Å²) in [5.74, 6) is -0.106. The normalized spacial score (nSPS) is 21.9. The Bertz CT molecular complexity index is 804. The highest BCUT2D eigenvalue weighted by Gasteiger charge is 2.33. The van der Waals surface area contributed by atoms with E-state index in [0.717, 1.165) is 29.8 Å². The van der Waals surface area contributed by atoms with E-state index in [9.17, 15) is 4.79 Å². The summed E-state index contributed by atoms with van der Waals surface area (Å²) in [6.07, 6.45) is 2.02. The van der Waals surface area contributed by atoms with Crippen LogP contribution in [0.1, 0.15) is 43.7 Å². The predicted octanol–water partition coefficient (Wildman–Crippen LogP) is 1.89. The Morgan fingerprint density at radius 2 is 2.00 bits per heavy atom. The van der Waals surface area contributed by atoms with E-state index < -0.39 is 0 Å². The van der Waals surface area contributed by atoms with Crippen LogP contribution in [0.25, 0.3) is 11.0 Å². The molecule has 0 radical (unpaired) electrons. The molecule has 1 N–H and O–H groups in total. The number of aromatic nitrogens is 3. The molecular formula is C19H29N5O2. The van der Waals surface area contributed by atoms with Crippen LogP contribution in [0.15, 0.2) is 12.3 Å². The molecule has 7 heteroatoms. The van der Waals surface area contributed by atoms with Gasteiger partial charge in [0.05, 0.1) is 23.5 Å². The van der Waals surface area contributed by atoms with Gasteiger partial charge in [-0.15, -0.1) is 0 Å². The first kappa shape index (κ1) is 18.8. The largest absolute Gasteiger partial charge is 0.373 e. The lowest BCUT2D eigenvalue weighted by Gasteiger charge is -2.45. The van der Waals surface area contributed by atoms with Gasteiger partial charge in [-0.1, -0.05) is 0 Å². The van der Waals surface area contributed by atoms with Crippen LogP contribution < -0.4 is 5.32 Å². The Balaban J connectivity index is 1.69. The van der Waals surface area contributed by atoms with E-state index in [1.165, 1.54) is 0 Å². The Labute approximate surface area is 154 Å². The van der Waals surface area contributed by atoms with Gasteiger partial charge in [0.1, 0.15) is 0 Å². The van der Waals surface area contributed by atoms with Gasteiger partial charge in [0.25, 0.3) is 5.91 Å². The lowest BCUT2D eigenvalue weighted by atomic mass is 10.00. The van der Waals surface area contributed by atoms with Crippen LogP contribution in [-0.2, 0) is 11.8 Å². The van der Waals surface area contributed by atoms with Crippen LogP contribution in [0.5, 0.6) is 0 Å². The predicted molar refractivity (Wildman–Crippen MR) is 101 cm³/mol. The molecule has 1 fully saturated rings. The first-order chi connectivity index (χ1) is 12.2. The highest BCUT2D eigenvalue weighted by Crippen LogP contribution is 2.21. The van der Waals surface area contributed by atoms with Gasteiger partial charge < -0.3 is 10.1 Å². The van der Waals surface area contributed by atoms with Crippen LogP contribution in [0, 0.1) is 6.92 Å². The molecule has 2 atom stereocenters. The van der Waals surface area contributed by atoms with Crippen LogP contribution >= 0.6 is 0 Å². The summed E-state index contributed by atoms with van der Waals surface area (Å²) < 4.78 is 7.55. The molecule has 1 aliphatic heterocycles. The van der Waals surface area contributed by atoms with Gasteiger partial charge in [0.15, 0.2) is 5.65 Å². The summed E-state index contributed by atoms with van der Waals surface area (Å²) in [5, 5.41) is 8.34. The number of aryl methyl sites for hydroxylation is 2. The van der Waals surface area contributed by atoms with Crippen molar-refractivity contribution in [1.82, 2.24) is 25.0 Å². The SMILES string of the molecule is Cc1nn(C)c2ncc(C(=O)NCC(C)(C)N3CC(C)OC(C)C3)cc12. The van der Waals surface area contributed by atoms with E-state index in [4.69, 9.17) is 4.74 Å². The summed E-state index contributed by atoms with van der Waals surface area (Å²) in [4.78, 5) is 19.4. The topological polar surface area (TPSA) is 72.3 Å². The quantitative estimate of drug-likeness (QED) is 0.903. The zero-order valence-electron chi connectivity index (χ0n) is 16.5. The maximum absolute atomic E-state index is 12.6. The van der Waals surface area contributed by atoms with Gasteiger partial charge >= 0.3 is 0 Å². The summed E-state index contributed by atoms with van der Waals surface area (Å²) >= 11 is 0. The fourth-order valence-electron chi connectivity index (χ4n) is 3.61. The summed E-state index contributed by atoms with van der Waals surface area (Å²) in [6.45, 7) is 12.7. The molecule has 7 nitrogen and oxygen atoms in total. The van der Waals surface area contributed by atoms with Crippen molar-refractivity contribution in [2.24, 2.45) is 7.05 Å². The highest BCUT2D eigenvalue weighted by molar-refractivity contribution is 5.97. The first-order valence-corrected chi connectivity index (χ1v) is 9.15. The van der Waals surface area contributed by atoms with Crippen molar-refractivity contribution in [3.63, 3.8) is 0 Å². The average Bonchev–Trinajstić information content (AvgIpc) is 2.86. The van der Waals surface area contributed by atoms with Crippen molar-refractivity contribution in [2.45, 2.75) is 52.4 Å². The lowest BCUT2D eigenvalue weighted by molar-refractivity contribution is -0.0948. The summed E-state index contributed by atoms with van der Waals surface area (Å²) in [7, 11) is 1.86. The third kappa shape index (κ3) is 3.73. The molecule has 26 heavy (non-hydrogen) atoms. The van der Waals surface area contributed by atoms with Crippen LogP contribution in [-0.4, -0.2) is 63.0 Å². The molecular weight excluding hydrogens is 330 g/mol. The second-order valence-electron chi connectivity index (χ2n) is 7.96. The second kappa shape index (κ2) is 6.96. The number of rotatable bonds is 4. The van der Waals surface area contributed by atoms with Crippen molar-refractivity contribution < 1.29 is 9.53 Å². The number of carbonyl (C=O) groups excluding carboxylic acids is 1.